The van der Waals surface area contributed by atoms with E-state index in [-0.39, 0.29) is 29.2 Å². The number of hydrogen-bond donors (Lipinski definition) is 1. The Hall–Kier alpha value is -2.88. The van der Waals surface area contributed by atoms with E-state index in [0.717, 1.165) is 0 Å². The molecule has 0 aliphatic heterocycles. The summed E-state index contributed by atoms with van der Waals surface area (Å²) in [6, 6.07) is 0.522. The Morgan fingerprint density at radius 1 is 1.09 bits per heavy atom. The number of aromatic nitrogens is 1. The van der Waals surface area contributed by atoms with Gasteiger partial charge in [-0.25, -0.2) is 9.78 Å². The van der Waals surface area contributed by atoms with E-state index in [2.05, 4.69) is 10.3 Å². The van der Waals surface area contributed by atoms with E-state index in [1.54, 1.807) is 0 Å². The summed E-state index contributed by atoms with van der Waals surface area (Å²) in [5.74, 6) is -1.27. The maximum absolute atomic E-state index is 12.8. The summed E-state index contributed by atoms with van der Waals surface area (Å²) in [7, 11) is 1.39. The highest BCUT2D eigenvalue weighted by Crippen LogP contribution is 2.29. The smallest absolute Gasteiger partial charge is 0.328 e. The molecule has 0 aromatic carbocycles. The maximum Gasteiger partial charge on any atom is 0.328 e. The van der Waals surface area contributed by atoms with E-state index in [0.29, 0.717) is 12.5 Å². The zero-order valence-corrected chi connectivity index (χ0v) is 20.7. The number of pyridine rings is 1. The third-order valence-electron chi connectivity index (χ3n) is 4.53. The largest absolute Gasteiger partial charge is 0.493 e. The summed E-state index contributed by atoms with van der Waals surface area (Å²) < 4.78 is 26.8. The first-order chi connectivity index (χ1) is 15.5. The minimum absolute atomic E-state index is 0.0142. The quantitative estimate of drug-likeness (QED) is 0.344. The second-order valence-electron chi connectivity index (χ2n) is 8.36. The molecule has 186 valence electrons. The van der Waals surface area contributed by atoms with Crippen molar-refractivity contribution in [2.24, 2.45) is 11.8 Å². The van der Waals surface area contributed by atoms with Crippen LogP contribution in [0.1, 0.15) is 59.0 Å². The molecule has 0 radical (unpaired) electrons. The highest BCUT2D eigenvalue weighted by atomic mass is 16.7. The summed E-state index contributed by atoms with van der Waals surface area (Å²) >= 11 is 0. The topological polar surface area (TPSA) is 122 Å². The predicted octanol–water partition coefficient (Wildman–Crippen LogP) is 2.74. The first kappa shape index (κ1) is 28.2. The average molecular weight is 469 g/mol. The van der Waals surface area contributed by atoms with E-state index < -0.39 is 36.8 Å². The van der Waals surface area contributed by atoms with E-state index in [1.165, 1.54) is 33.2 Å². The van der Waals surface area contributed by atoms with Gasteiger partial charge in [0.25, 0.3) is 5.91 Å². The Bertz CT molecular complexity index is 797. The van der Waals surface area contributed by atoms with Gasteiger partial charge in [0.2, 0.25) is 6.79 Å². The number of ether oxygens (including phenoxy) is 5. The monoisotopic (exact) mass is 468 g/mol. The van der Waals surface area contributed by atoms with Crippen LogP contribution in [0, 0.1) is 11.8 Å². The van der Waals surface area contributed by atoms with Gasteiger partial charge >= 0.3 is 11.9 Å². The molecular formula is C23H36N2O8. The summed E-state index contributed by atoms with van der Waals surface area (Å²) in [6.45, 7) is 12.7. The normalized spacial score (nSPS) is 13.8. The first-order valence-electron chi connectivity index (χ1n) is 10.9. The van der Waals surface area contributed by atoms with Crippen LogP contribution in [0.5, 0.6) is 11.5 Å². The van der Waals surface area contributed by atoms with Crippen LogP contribution in [0.15, 0.2) is 12.3 Å². The molecule has 0 saturated heterocycles. The molecule has 33 heavy (non-hydrogen) atoms. The maximum atomic E-state index is 12.8. The summed E-state index contributed by atoms with van der Waals surface area (Å²) in [5, 5.41) is 2.56. The van der Waals surface area contributed by atoms with E-state index in [4.69, 9.17) is 23.7 Å². The molecule has 1 heterocycles. The zero-order chi connectivity index (χ0) is 25.1. The van der Waals surface area contributed by atoms with Gasteiger partial charge in [-0.15, -0.1) is 0 Å². The third kappa shape index (κ3) is 9.25. The number of amides is 1. The zero-order valence-electron chi connectivity index (χ0n) is 20.7. The van der Waals surface area contributed by atoms with Gasteiger partial charge in [0.05, 0.1) is 13.2 Å². The van der Waals surface area contributed by atoms with Crippen molar-refractivity contribution in [2.75, 3.05) is 20.5 Å². The molecule has 0 bridgehead atoms. The van der Waals surface area contributed by atoms with Crippen molar-refractivity contribution in [2.45, 2.75) is 66.7 Å². The Morgan fingerprint density at radius 2 is 1.76 bits per heavy atom. The Balaban J connectivity index is 2.89. The lowest BCUT2D eigenvalue weighted by atomic mass is 10.0. The molecule has 0 spiro atoms. The van der Waals surface area contributed by atoms with Gasteiger partial charge in [-0.1, -0.05) is 27.7 Å². The van der Waals surface area contributed by atoms with Crippen molar-refractivity contribution < 1.29 is 38.1 Å². The van der Waals surface area contributed by atoms with Gasteiger partial charge in [-0.2, -0.15) is 0 Å². The van der Waals surface area contributed by atoms with E-state index in [9.17, 15) is 14.4 Å². The lowest BCUT2D eigenvalue weighted by molar-refractivity contribution is -0.163. The van der Waals surface area contributed by atoms with Crippen molar-refractivity contribution in [3.63, 3.8) is 0 Å². The molecule has 1 aromatic rings. The standard InChI is InChI=1S/C23H36N2O8/c1-13(2)11-30-16(6)20(14(3)4)33-23(28)15(5)25-22(27)19-21(32-12-31-17(7)26)18(29-8)9-10-24-19/h9-10,13-16,20H,11-12H2,1-8H3,(H,25,27)/t15-,16-,20?/m0/s1. The first-order valence-corrected chi connectivity index (χ1v) is 10.9. The number of nitrogens with zero attached hydrogens (tertiary/aromatic N) is 1. The molecule has 1 unspecified atom stereocenters. The predicted molar refractivity (Wildman–Crippen MR) is 120 cm³/mol. The van der Waals surface area contributed by atoms with Gasteiger partial charge in [-0.3, -0.25) is 9.59 Å². The number of hydrogen-bond acceptors (Lipinski definition) is 9. The van der Waals surface area contributed by atoms with Gasteiger partial charge < -0.3 is 29.0 Å². The molecular weight excluding hydrogens is 432 g/mol. The minimum atomic E-state index is -0.967. The Kier molecular flexibility index (Phi) is 11.6. The van der Waals surface area contributed by atoms with Crippen LogP contribution in [0.3, 0.4) is 0 Å². The molecule has 1 rings (SSSR count). The lowest BCUT2D eigenvalue weighted by Crippen LogP contribution is -2.44. The van der Waals surface area contributed by atoms with Crippen LogP contribution >= 0.6 is 0 Å². The van der Waals surface area contributed by atoms with Gasteiger partial charge in [0.15, 0.2) is 17.2 Å². The van der Waals surface area contributed by atoms with Crippen LogP contribution in [-0.4, -0.2) is 61.6 Å². The molecule has 1 amide bonds. The molecule has 0 fully saturated rings. The number of carbonyl (C=O) groups is 3. The van der Waals surface area contributed by atoms with Crippen molar-refractivity contribution in [1.29, 1.82) is 0 Å². The van der Waals surface area contributed by atoms with Crippen LogP contribution in [0.25, 0.3) is 0 Å². The Morgan fingerprint density at radius 3 is 2.30 bits per heavy atom. The number of esters is 2. The SMILES string of the molecule is COc1ccnc(C(=O)N[C@@H](C)C(=O)OC(C(C)C)[C@H](C)OCC(C)C)c1OCOC(C)=O. The van der Waals surface area contributed by atoms with E-state index in [1.807, 2.05) is 34.6 Å². The van der Waals surface area contributed by atoms with Crippen molar-refractivity contribution in [1.82, 2.24) is 10.3 Å². The minimum Gasteiger partial charge on any atom is -0.493 e. The van der Waals surface area contributed by atoms with Crippen LogP contribution in [0.4, 0.5) is 0 Å². The molecule has 10 nitrogen and oxygen atoms in total. The second kappa shape index (κ2) is 13.6. The second-order valence-corrected chi connectivity index (χ2v) is 8.36. The molecule has 3 atom stereocenters. The molecule has 0 aliphatic rings. The fourth-order valence-electron chi connectivity index (χ4n) is 2.84. The highest BCUT2D eigenvalue weighted by Gasteiger charge is 2.30. The number of rotatable bonds is 13. The number of methoxy groups -OCH3 is 1. The summed E-state index contributed by atoms with van der Waals surface area (Å²) in [4.78, 5) is 40.5. The van der Waals surface area contributed by atoms with Gasteiger partial charge in [0.1, 0.15) is 12.1 Å². The lowest BCUT2D eigenvalue weighted by Gasteiger charge is -2.29. The van der Waals surface area contributed by atoms with Crippen LogP contribution < -0.4 is 14.8 Å². The highest BCUT2D eigenvalue weighted by molar-refractivity contribution is 5.98. The molecule has 1 aromatic heterocycles. The fraction of sp³-hybridized carbons (Fsp3) is 0.652. The number of carbonyl (C=O) groups excluding carboxylic acids is 3. The fourth-order valence-corrected chi connectivity index (χ4v) is 2.84. The van der Waals surface area contributed by atoms with Crippen LogP contribution in [0.2, 0.25) is 0 Å². The van der Waals surface area contributed by atoms with Crippen molar-refractivity contribution in [3.8, 4) is 11.5 Å². The molecule has 0 saturated carbocycles. The van der Waals surface area contributed by atoms with Crippen molar-refractivity contribution in [3.05, 3.63) is 18.0 Å². The van der Waals surface area contributed by atoms with Gasteiger partial charge in [-0.05, 0) is 25.7 Å². The van der Waals surface area contributed by atoms with Gasteiger partial charge in [0, 0.05) is 25.8 Å². The molecule has 0 aliphatic carbocycles. The Labute approximate surface area is 195 Å². The van der Waals surface area contributed by atoms with Crippen molar-refractivity contribution >= 4 is 17.8 Å². The number of nitrogens with one attached hydrogen (secondary N) is 1. The summed E-state index contributed by atoms with van der Waals surface area (Å²) in [6.07, 6.45) is 0.576. The van der Waals surface area contributed by atoms with E-state index >= 15 is 0 Å². The molecule has 1 N–H and O–H groups in total. The van der Waals surface area contributed by atoms with Crippen LogP contribution in [-0.2, 0) is 23.8 Å². The molecule has 10 heteroatoms. The average Bonchev–Trinajstić information content (AvgIpc) is 2.74. The third-order valence-corrected chi connectivity index (χ3v) is 4.53. The summed E-state index contributed by atoms with van der Waals surface area (Å²) in [5.41, 5.74) is -0.129.